The van der Waals surface area contributed by atoms with Gasteiger partial charge in [-0.2, -0.15) is 5.10 Å². The molecular weight excluding hydrogens is 262 g/mol. The van der Waals surface area contributed by atoms with E-state index >= 15 is 0 Å². The van der Waals surface area contributed by atoms with Crippen molar-refractivity contribution in [2.45, 2.75) is 59.3 Å². The molecule has 1 aliphatic carbocycles. The number of carbonyl (C=O) groups is 1. The molecule has 0 radical (unpaired) electrons. The van der Waals surface area contributed by atoms with Crippen LogP contribution in [0.2, 0.25) is 0 Å². The minimum Gasteiger partial charge on any atom is -0.355 e. The molecule has 4 nitrogen and oxygen atoms in total. The molecule has 4 heteroatoms. The Balaban J connectivity index is 1.93. The Kier molecular flexibility index (Phi) is 5.07. The second kappa shape index (κ2) is 6.63. The van der Waals surface area contributed by atoms with Crippen LogP contribution in [-0.2, 0) is 11.8 Å². The molecule has 1 fully saturated rings. The first kappa shape index (κ1) is 16.1. The quantitative estimate of drug-likeness (QED) is 0.926. The zero-order valence-electron chi connectivity index (χ0n) is 14.1. The molecule has 1 aliphatic rings. The van der Waals surface area contributed by atoms with Gasteiger partial charge in [-0.3, -0.25) is 9.48 Å². The van der Waals surface area contributed by atoms with Crippen LogP contribution < -0.4 is 5.32 Å². The summed E-state index contributed by atoms with van der Waals surface area (Å²) in [5, 5.41) is 7.57. The second-order valence-electron chi connectivity index (χ2n) is 6.81. The highest BCUT2D eigenvalue weighted by atomic mass is 16.1. The van der Waals surface area contributed by atoms with Gasteiger partial charge in [-0.05, 0) is 45.4 Å². The smallest absolute Gasteiger partial charge is 0.227 e. The van der Waals surface area contributed by atoms with Gasteiger partial charge in [-0.15, -0.1) is 0 Å². The molecule has 1 N–H and O–H groups in total. The normalized spacial score (nSPS) is 23.9. The van der Waals surface area contributed by atoms with Gasteiger partial charge in [0.2, 0.25) is 5.91 Å². The molecule has 0 saturated heterocycles. The summed E-state index contributed by atoms with van der Waals surface area (Å²) < 4.78 is 1.86. The van der Waals surface area contributed by atoms with Gasteiger partial charge in [0.05, 0.1) is 11.6 Å². The third-order valence-corrected chi connectivity index (χ3v) is 5.00. The summed E-state index contributed by atoms with van der Waals surface area (Å²) in [6.07, 6.45) is 5.15. The molecule has 0 spiro atoms. The number of amides is 1. The lowest BCUT2D eigenvalue weighted by Crippen LogP contribution is -2.34. The zero-order valence-corrected chi connectivity index (χ0v) is 14.1. The first-order valence-electron chi connectivity index (χ1n) is 8.18. The zero-order chi connectivity index (χ0) is 15.6. The lowest BCUT2D eigenvalue weighted by molar-refractivity contribution is -0.122. The maximum absolute atomic E-state index is 12.4. The van der Waals surface area contributed by atoms with E-state index in [1.54, 1.807) is 0 Å². The van der Waals surface area contributed by atoms with Gasteiger partial charge >= 0.3 is 0 Å². The van der Waals surface area contributed by atoms with Gasteiger partial charge in [0.25, 0.3) is 0 Å². The van der Waals surface area contributed by atoms with Crippen LogP contribution in [0.15, 0.2) is 0 Å². The van der Waals surface area contributed by atoms with Crippen molar-refractivity contribution in [2.75, 3.05) is 6.54 Å². The van der Waals surface area contributed by atoms with E-state index < -0.39 is 0 Å². The number of nitrogens with one attached hydrogen (secondary N) is 1. The van der Waals surface area contributed by atoms with E-state index in [4.69, 9.17) is 0 Å². The Morgan fingerprint density at radius 1 is 1.43 bits per heavy atom. The van der Waals surface area contributed by atoms with E-state index in [1.165, 1.54) is 25.7 Å². The van der Waals surface area contributed by atoms with Crippen LogP contribution in [0.1, 0.15) is 62.4 Å². The summed E-state index contributed by atoms with van der Waals surface area (Å²) in [6, 6.07) is 0. The molecule has 1 amide bonds. The summed E-state index contributed by atoms with van der Waals surface area (Å²) in [5.41, 5.74) is 3.12. The number of nitrogens with zero attached hydrogens (tertiary/aromatic N) is 2. The Hall–Kier alpha value is -1.32. The Bertz CT molecular complexity index is 506. The number of hydrogen-bond acceptors (Lipinski definition) is 2. The van der Waals surface area contributed by atoms with E-state index in [1.807, 2.05) is 32.5 Å². The summed E-state index contributed by atoms with van der Waals surface area (Å²) in [7, 11) is 1.93. The van der Waals surface area contributed by atoms with Gasteiger partial charge < -0.3 is 5.32 Å². The second-order valence-corrected chi connectivity index (χ2v) is 6.81. The predicted molar refractivity (Wildman–Crippen MR) is 85.2 cm³/mol. The molecule has 0 aromatic carbocycles. The summed E-state index contributed by atoms with van der Waals surface area (Å²) in [5.74, 6) is 1.47. The summed E-state index contributed by atoms with van der Waals surface area (Å²) >= 11 is 0. The fourth-order valence-electron chi connectivity index (χ4n) is 3.69. The van der Waals surface area contributed by atoms with Crippen molar-refractivity contribution in [1.82, 2.24) is 15.1 Å². The summed E-state index contributed by atoms with van der Waals surface area (Å²) in [6.45, 7) is 9.14. The first-order valence-corrected chi connectivity index (χ1v) is 8.18. The van der Waals surface area contributed by atoms with Crippen molar-refractivity contribution in [3.63, 3.8) is 0 Å². The van der Waals surface area contributed by atoms with Gasteiger partial charge in [-0.25, -0.2) is 0 Å². The van der Waals surface area contributed by atoms with Crippen molar-refractivity contribution >= 4 is 5.91 Å². The van der Waals surface area contributed by atoms with Gasteiger partial charge in [0.15, 0.2) is 0 Å². The highest BCUT2D eigenvalue weighted by Gasteiger charge is 2.24. The molecule has 0 bridgehead atoms. The van der Waals surface area contributed by atoms with Crippen molar-refractivity contribution in [3.8, 4) is 0 Å². The first-order chi connectivity index (χ1) is 9.90. The fraction of sp³-hybridized carbons (Fsp3) is 0.765. The summed E-state index contributed by atoms with van der Waals surface area (Å²) in [4.78, 5) is 12.4. The van der Waals surface area contributed by atoms with Crippen molar-refractivity contribution in [3.05, 3.63) is 17.0 Å². The van der Waals surface area contributed by atoms with Crippen molar-refractivity contribution in [1.29, 1.82) is 0 Å². The number of carbonyl (C=O) groups excluding carboxylic acids is 1. The van der Waals surface area contributed by atoms with Crippen LogP contribution in [-0.4, -0.2) is 22.2 Å². The number of aryl methyl sites for hydroxylation is 2. The van der Waals surface area contributed by atoms with Crippen LogP contribution in [0.5, 0.6) is 0 Å². The number of hydrogen-bond donors (Lipinski definition) is 1. The average molecular weight is 291 g/mol. The number of aromatic nitrogens is 2. The van der Waals surface area contributed by atoms with Gasteiger partial charge in [0.1, 0.15) is 0 Å². The molecule has 1 aromatic heterocycles. The molecule has 0 unspecified atom stereocenters. The minimum atomic E-state index is -0.125. The average Bonchev–Trinajstić information content (AvgIpc) is 2.69. The minimum absolute atomic E-state index is 0.125. The van der Waals surface area contributed by atoms with Crippen LogP contribution in [0.3, 0.4) is 0 Å². The Labute approximate surface area is 128 Å². The van der Waals surface area contributed by atoms with Gasteiger partial charge in [0, 0.05) is 24.8 Å². The molecule has 1 saturated carbocycles. The third kappa shape index (κ3) is 3.66. The van der Waals surface area contributed by atoms with Crippen LogP contribution in [0.4, 0.5) is 0 Å². The molecule has 118 valence electrons. The van der Waals surface area contributed by atoms with Crippen LogP contribution in [0.25, 0.3) is 0 Å². The van der Waals surface area contributed by atoms with E-state index in [9.17, 15) is 4.79 Å². The molecular formula is C17H29N3O. The van der Waals surface area contributed by atoms with Gasteiger partial charge in [-0.1, -0.05) is 19.8 Å². The lowest BCUT2D eigenvalue weighted by atomic mass is 9.82. The fourth-order valence-corrected chi connectivity index (χ4v) is 3.69. The SMILES string of the molecule is Cc1nn(C)c(C)c1[C@H](C)C(=O)NC[C@@H]1CCC[C@H](C)C1. The predicted octanol–water partition coefficient (Wildman–Crippen LogP) is 3.08. The maximum Gasteiger partial charge on any atom is 0.227 e. The molecule has 21 heavy (non-hydrogen) atoms. The largest absolute Gasteiger partial charge is 0.355 e. The number of rotatable bonds is 4. The Morgan fingerprint density at radius 3 is 2.71 bits per heavy atom. The van der Waals surface area contributed by atoms with E-state index in [-0.39, 0.29) is 11.8 Å². The molecule has 1 heterocycles. The van der Waals surface area contributed by atoms with E-state index in [0.29, 0.717) is 5.92 Å². The topological polar surface area (TPSA) is 46.9 Å². The molecule has 0 aliphatic heterocycles. The molecule has 3 atom stereocenters. The van der Waals surface area contributed by atoms with E-state index in [0.717, 1.165) is 29.4 Å². The highest BCUT2D eigenvalue weighted by Crippen LogP contribution is 2.28. The van der Waals surface area contributed by atoms with Crippen molar-refractivity contribution in [2.24, 2.45) is 18.9 Å². The molecule has 1 aromatic rings. The maximum atomic E-state index is 12.4. The standard InChI is InChI=1S/C17H29N3O/c1-11-7-6-8-15(9-11)10-18-17(21)12(2)16-13(3)19-20(5)14(16)4/h11-12,15H,6-10H2,1-5H3,(H,18,21)/t11-,12-,15+/m0/s1. The monoisotopic (exact) mass is 291 g/mol. The van der Waals surface area contributed by atoms with Crippen LogP contribution in [0, 0.1) is 25.7 Å². The highest BCUT2D eigenvalue weighted by molar-refractivity contribution is 5.83. The van der Waals surface area contributed by atoms with Crippen LogP contribution >= 0.6 is 0 Å². The Morgan fingerprint density at radius 2 is 2.14 bits per heavy atom. The lowest BCUT2D eigenvalue weighted by Gasteiger charge is -2.27. The third-order valence-electron chi connectivity index (χ3n) is 5.00. The van der Waals surface area contributed by atoms with Crippen molar-refractivity contribution < 1.29 is 4.79 Å². The van der Waals surface area contributed by atoms with E-state index in [2.05, 4.69) is 17.3 Å². The molecule has 2 rings (SSSR count).